The van der Waals surface area contributed by atoms with Gasteiger partial charge in [0.25, 0.3) is 0 Å². The SMILES string of the molecule is c1ccc2c(c1)Oc1ccccc1C2=C1c2ccccc2-c2cc3ccccc3cc21. The van der Waals surface area contributed by atoms with Crippen molar-refractivity contribution in [3.63, 3.8) is 0 Å². The van der Waals surface area contributed by atoms with E-state index in [-0.39, 0.29) is 0 Å². The van der Waals surface area contributed by atoms with Crippen LogP contribution in [0.5, 0.6) is 11.5 Å². The first-order valence-electron chi connectivity index (χ1n) is 10.6. The molecule has 0 fully saturated rings. The maximum atomic E-state index is 6.28. The monoisotopic (exact) mass is 394 g/mol. The second kappa shape index (κ2) is 6.20. The van der Waals surface area contributed by atoms with Gasteiger partial charge in [-0.3, -0.25) is 0 Å². The number of para-hydroxylation sites is 2. The molecule has 0 saturated carbocycles. The molecule has 2 aliphatic rings. The Morgan fingerprint density at radius 3 is 1.45 bits per heavy atom. The van der Waals surface area contributed by atoms with Crippen molar-refractivity contribution in [3.05, 3.63) is 131 Å². The molecule has 0 unspecified atom stereocenters. The highest BCUT2D eigenvalue weighted by Crippen LogP contribution is 2.54. The van der Waals surface area contributed by atoms with E-state index in [2.05, 4.69) is 97.1 Å². The van der Waals surface area contributed by atoms with E-state index in [1.807, 2.05) is 12.1 Å². The molecule has 1 nitrogen and oxygen atoms in total. The summed E-state index contributed by atoms with van der Waals surface area (Å²) >= 11 is 0. The molecule has 0 atom stereocenters. The van der Waals surface area contributed by atoms with Crippen LogP contribution in [0.4, 0.5) is 0 Å². The molecular formula is C30H18O. The Labute approximate surface area is 180 Å². The normalized spacial score (nSPS) is 13.3. The molecule has 0 aromatic heterocycles. The zero-order valence-corrected chi connectivity index (χ0v) is 16.8. The first kappa shape index (κ1) is 16.7. The molecule has 1 aliphatic heterocycles. The molecule has 1 heteroatoms. The van der Waals surface area contributed by atoms with E-state index < -0.39 is 0 Å². The molecule has 1 aliphatic carbocycles. The second-order valence-electron chi connectivity index (χ2n) is 8.13. The summed E-state index contributed by atoms with van der Waals surface area (Å²) in [4.78, 5) is 0. The maximum Gasteiger partial charge on any atom is 0.135 e. The number of hydrogen-bond donors (Lipinski definition) is 0. The molecule has 0 spiro atoms. The molecule has 5 aromatic carbocycles. The van der Waals surface area contributed by atoms with Crippen LogP contribution in [-0.4, -0.2) is 0 Å². The lowest BCUT2D eigenvalue weighted by Crippen LogP contribution is -2.04. The first-order valence-corrected chi connectivity index (χ1v) is 10.6. The van der Waals surface area contributed by atoms with E-state index in [1.54, 1.807) is 0 Å². The fourth-order valence-corrected chi connectivity index (χ4v) is 5.08. The lowest BCUT2D eigenvalue weighted by Gasteiger charge is -2.25. The van der Waals surface area contributed by atoms with Gasteiger partial charge in [0.2, 0.25) is 0 Å². The summed E-state index contributed by atoms with van der Waals surface area (Å²) < 4.78 is 6.28. The Bertz CT molecular complexity index is 1510. The van der Waals surface area contributed by atoms with Crippen molar-refractivity contribution in [3.8, 4) is 22.6 Å². The smallest absolute Gasteiger partial charge is 0.135 e. The van der Waals surface area contributed by atoms with Crippen molar-refractivity contribution >= 4 is 21.9 Å². The quantitative estimate of drug-likeness (QED) is 0.254. The highest BCUT2D eigenvalue weighted by molar-refractivity contribution is 6.16. The minimum atomic E-state index is 0.912. The van der Waals surface area contributed by atoms with Gasteiger partial charge in [-0.25, -0.2) is 0 Å². The predicted molar refractivity (Wildman–Crippen MR) is 127 cm³/mol. The summed E-state index contributed by atoms with van der Waals surface area (Å²) in [7, 11) is 0. The van der Waals surface area contributed by atoms with Gasteiger partial charge in [-0.2, -0.15) is 0 Å². The molecule has 5 aromatic rings. The number of ether oxygens (including phenoxy) is 1. The van der Waals surface area contributed by atoms with Crippen LogP contribution in [0.15, 0.2) is 109 Å². The minimum Gasteiger partial charge on any atom is -0.456 e. The Balaban J connectivity index is 1.67. The second-order valence-corrected chi connectivity index (χ2v) is 8.13. The first-order chi connectivity index (χ1) is 15.4. The minimum absolute atomic E-state index is 0.912. The molecule has 7 rings (SSSR count). The van der Waals surface area contributed by atoms with Crippen LogP contribution in [0.1, 0.15) is 22.3 Å². The lowest BCUT2D eigenvalue weighted by molar-refractivity contribution is 0.474. The maximum absolute atomic E-state index is 6.28. The summed E-state index contributed by atoms with van der Waals surface area (Å²) in [6, 6.07) is 38.8. The van der Waals surface area contributed by atoms with Crippen LogP contribution < -0.4 is 4.74 Å². The van der Waals surface area contributed by atoms with Crippen LogP contribution >= 0.6 is 0 Å². The van der Waals surface area contributed by atoms with Crippen molar-refractivity contribution in [2.75, 3.05) is 0 Å². The van der Waals surface area contributed by atoms with Crippen LogP contribution in [0.25, 0.3) is 33.0 Å². The Morgan fingerprint density at radius 2 is 0.806 bits per heavy atom. The zero-order chi connectivity index (χ0) is 20.4. The van der Waals surface area contributed by atoms with Gasteiger partial charge in [0.1, 0.15) is 11.5 Å². The van der Waals surface area contributed by atoms with Gasteiger partial charge >= 0.3 is 0 Å². The summed E-state index contributed by atoms with van der Waals surface area (Å²) in [6.45, 7) is 0. The average Bonchev–Trinajstić information content (AvgIpc) is 3.14. The lowest BCUT2D eigenvalue weighted by atomic mass is 9.86. The van der Waals surface area contributed by atoms with Crippen molar-refractivity contribution < 1.29 is 4.74 Å². The van der Waals surface area contributed by atoms with E-state index in [9.17, 15) is 0 Å². The Hall–Kier alpha value is -4.10. The van der Waals surface area contributed by atoms with E-state index in [1.165, 1.54) is 44.2 Å². The van der Waals surface area contributed by atoms with Gasteiger partial charge in [-0.05, 0) is 62.9 Å². The summed E-state index contributed by atoms with van der Waals surface area (Å²) in [5.41, 5.74) is 10.0. The molecule has 1 heterocycles. The number of rotatable bonds is 0. The third-order valence-corrected chi connectivity index (χ3v) is 6.42. The zero-order valence-electron chi connectivity index (χ0n) is 16.8. The molecule has 0 amide bonds. The standard InChI is InChI=1S/C30H18O/c1-2-10-20-18-26-25(17-19(20)9-1)21-11-3-4-12-22(21)29(26)30-23-13-5-7-15-27(23)31-28-16-8-6-14-24(28)30/h1-18H. The van der Waals surface area contributed by atoms with Gasteiger partial charge in [0.15, 0.2) is 0 Å². The molecular weight excluding hydrogens is 376 g/mol. The van der Waals surface area contributed by atoms with Crippen molar-refractivity contribution in [1.82, 2.24) is 0 Å². The Morgan fingerprint density at radius 1 is 0.355 bits per heavy atom. The van der Waals surface area contributed by atoms with Gasteiger partial charge in [0.05, 0.1) is 0 Å². The molecule has 0 bridgehead atoms. The van der Waals surface area contributed by atoms with Crippen molar-refractivity contribution in [2.45, 2.75) is 0 Å². The summed E-state index contributed by atoms with van der Waals surface area (Å²) in [5, 5.41) is 2.54. The van der Waals surface area contributed by atoms with Gasteiger partial charge < -0.3 is 4.74 Å². The van der Waals surface area contributed by atoms with E-state index in [0.29, 0.717) is 0 Å². The van der Waals surface area contributed by atoms with Crippen LogP contribution in [0.3, 0.4) is 0 Å². The van der Waals surface area contributed by atoms with Gasteiger partial charge in [-0.15, -0.1) is 0 Å². The molecule has 0 saturated heterocycles. The van der Waals surface area contributed by atoms with E-state index in [0.717, 1.165) is 22.6 Å². The molecule has 0 radical (unpaired) electrons. The fraction of sp³-hybridized carbons (Fsp3) is 0. The predicted octanol–water partition coefficient (Wildman–Crippen LogP) is 7.93. The Kier molecular flexibility index (Phi) is 3.33. The van der Waals surface area contributed by atoms with Crippen molar-refractivity contribution in [2.24, 2.45) is 0 Å². The third kappa shape index (κ3) is 2.32. The van der Waals surface area contributed by atoms with Crippen molar-refractivity contribution in [1.29, 1.82) is 0 Å². The summed E-state index contributed by atoms with van der Waals surface area (Å²) in [6.07, 6.45) is 0. The van der Waals surface area contributed by atoms with Crippen LogP contribution in [0, 0.1) is 0 Å². The fourth-order valence-electron chi connectivity index (χ4n) is 5.08. The highest BCUT2D eigenvalue weighted by atomic mass is 16.5. The van der Waals surface area contributed by atoms with Crippen LogP contribution in [-0.2, 0) is 0 Å². The van der Waals surface area contributed by atoms with Gasteiger partial charge in [0, 0.05) is 16.7 Å². The molecule has 31 heavy (non-hydrogen) atoms. The number of benzene rings is 5. The van der Waals surface area contributed by atoms with Gasteiger partial charge in [-0.1, -0.05) is 84.9 Å². The largest absolute Gasteiger partial charge is 0.456 e. The number of hydrogen-bond acceptors (Lipinski definition) is 1. The van der Waals surface area contributed by atoms with E-state index in [4.69, 9.17) is 4.74 Å². The van der Waals surface area contributed by atoms with E-state index >= 15 is 0 Å². The number of fused-ring (bicyclic) bond motifs is 6. The third-order valence-electron chi connectivity index (χ3n) is 6.42. The average molecular weight is 394 g/mol. The molecule has 0 N–H and O–H groups in total. The highest BCUT2D eigenvalue weighted by Gasteiger charge is 2.31. The van der Waals surface area contributed by atoms with Crippen LogP contribution in [0.2, 0.25) is 0 Å². The topological polar surface area (TPSA) is 9.23 Å². The molecule has 144 valence electrons. The summed E-state index contributed by atoms with van der Waals surface area (Å²) in [5.74, 6) is 1.82.